The maximum Gasteiger partial charge on any atom is 0.162 e. The predicted octanol–water partition coefficient (Wildman–Crippen LogP) is 3.63. The number of anilines is 1. The van der Waals surface area contributed by atoms with Gasteiger partial charge in [0.2, 0.25) is 0 Å². The van der Waals surface area contributed by atoms with Crippen LogP contribution in [0.2, 0.25) is 0 Å². The smallest absolute Gasteiger partial charge is 0.162 e. The van der Waals surface area contributed by atoms with Gasteiger partial charge in [-0.05, 0) is 35.8 Å². The first kappa shape index (κ1) is 11.5. The van der Waals surface area contributed by atoms with E-state index in [1.165, 1.54) is 9.75 Å². The van der Waals surface area contributed by atoms with E-state index in [9.17, 15) is 0 Å². The molecule has 84 valence electrons. The zero-order valence-corrected chi connectivity index (χ0v) is 11.7. The van der Waals surface area contributed by atoms with Crippen LogP contribution in [0.15, 0.2) is 16.7 Å². The van der Waals surface area contributed by atoms with Crippen molar-refractivity contribution in [2.45, 2.75) is 13.8 Å². The molecule has 2 aromatic heterocycles. The molecule has 2 aromatic rings. The van der Waals surface area contributed by atoms with Gasteiger partial charge in [0.05, 0.1) is 4.47 Å². The molecule has 0 atom stereocenters. The van der Waals surface area contributed by atoms with Gasteiger partial charge in [0.15, 0.2) is 5.82 Å². The molecule has 2 rings (SSSR count). The lowest BCUT2D eigenvalue weighted by molar-refractivity contribution is 1.15. The summed E-state index contributed by atoms with van der Waals surface area (Å²) in [6.07, 6.45) is 1.78. The molecule has 0 radical (unpaired) electrons. The molecule has 2 heterocycles. The van der Waals surface area contributed by atoms with E-state index < -0.39 is 0 Å². The van der Waals surface area contributed by atoms with Crippen molar-refractivity contribution < 1.29 is 0 Å². The quantitative estimate of drug-likeness (QED) is 0.920. The van der Waals surface area contributed by atoms with Crippen LogP contribution < -0.4 is 5.32 Å². The molecule has 16 heavy (non-hydrogen) atoms. The van der Waals surface area contributed by atoms with Gasteiger partial charge in [0.1, 0.15) is 5.82 Å². The van der Waals surface area contributed by atoms with Crippen molar-refractivity contribution in [2.75, 3.05) is 12.4 Å². The Labute approximate surface area is 107 Å². The summed E-state index contributed by atoms with van der Waals surface area (Å²) in [4.78, 5) is 11.3. The molecule has 0 aliphatic heterocycles. The van der Waals surface area contributed by atoms with Crippen LogP contribution in [-0.4, -0.2) is 17.0 Å². The number of nitrogens with zero attached hydrogens (tertiary/aromatic N) is 2. The number of hydrogen-bond donors (Lipinski definition) is 1. The van der Waals surface area contributed by atoms with Gasteiger partial charge >= 0.3 is 0 Å². The number of hydrogen-bond acceptors (Lipinski definition) is 4. The van der Waals surface area contributed by atoms with Crippen molar-refractivity contribution in [3.05, 3.63) is 26.5 Å². The summed E-state index contributed by atoms with van der Waals surface area (Å²) in [5.74, 6) is 1.59. The van der Waals surface area contributed by atoms with E-state index in [1.54, 1.807) is 17.5 Å². The van der Waals surface area contributed by atoms with E-state index in [4.69, 9.17) is 0 Å². The molecule has 1 N–H and O–H groups in total. The molecule has 0 aliphatic carbocycles. The Hall–Kier alpha value is -0.940. The van der Waals surface area contributed by atoms with Crippen molar-refractivity contribution >= 4 is 33.1 Å². The Morgan fingerprint density at radius 3 is 2.69 bits per heavy atom. The molecule has 0 saturated carbocycles. The third kappa shape index (κ3) is 2.10. The van der Waals surface area contributed by atoms with E-state index >= 15 is 0 Å². The summed E-state index contributed by atoms with van der Waals surface area (Å²) in [5.41, 5.74) is 1.12. The number of aromatic nitrogens is 2. The van der Waals surface area contributed by atoms with E-state index in [0.29, 0.717) is 0 Å². The minimum atomic E-state index is 0.773. The minimum absolute atomic E-state index is 0.773. The molecule has 0 aromatic carbocycles. The highest BCUT2D eigenvalue weighted by molar-refractivity contribution is 9.10. The molecule has 3 nitrogen and oxygen atoms in total. The largest absolute Gasteiger partial charge is 0.372 e. The number of halogens is 1. The predicted molar refractivity (Wildman–Crippen MR) is 72.1 cm³/mol. The van der Waals surface area contributed by atoms with Gasteiger partial charge in [-0.25, -0.2) is 9.97 Å². The third-order valence-electron chi connectivity index (χ3n) is 2.26. The van der Waals surface area contributed by atoms with Gasteiger partial charge < -0.3 is 5.32 Å². The topological polar surface area (TPSA) is 37.8 Å². The molecule has 0 fully saturated rings. The Bertz CT molecular complexity index is 522. The highest BCUT2D eigenvalue weighted by Crippen LogP contribution is 2.30. The summed E-state index contributed by atoms with van der Waals surface area (Å²) >= 11 is 5.17. The fraction of sp³-hybridized carbons (Fsp3) is 0.273. The summed E-state index contributed by atoms with van der Waals surface area (Å²) in [5, 5.41) is 3.04. The monoisotopic (exact) mass is 297 g/mol. The van der Waals surface area contributed by atoms with Crippen LogP contribution in [0.4, 0.5) is 5.82 Å². The number of aryl methyl sites for hydroxylation is 2. The van der Waals surface area contributed by atoms with E-state index in [-0.39, 0.29) is 0 Å². The first-order valence-electron chi connectivity index (χ1n) is 4.89. The first-order chi connectivity index (χ1) is 7.61. The lowest BCUT2D eigenvalue weighted by atomic mass is 10.2. The minimum Gasteiger partial charge on any atom is -0.372 e. The van der Waals surface area contributed by atoms with Crippen LogP contribution in [-0.2, 0) is 0 Å². The maximum atomic E-state index is 4.47. The lowest BCUT2D eigenvalue weighted by Crippen LogP contribution is -1.97. The molecule has 5 heteroatoms. The van der Waals surface area contributed by atoms with Gasteiger partial charge in [-0.3, -0.25) is 0 Å². The van der Waals surface area contributed by atoms with Gasteiger partial charge in [-0.2, -0.15) is 0 Å². The number of nitrogens with one attached hydrogen (secondary N) is 1. The maximum absolute atomic E-state index is 4.47. The second kappa shape index (κ2) is 4.51. The Morgan fingerprint density at radius 2 is 2.12 bits per heavy atom. The zero-order chi connectivity index (χ0) is 11.7. The molecule has 0 bridgehead atoms. The molecule has 0 saturated heterocycles. The van der Waals surface area contributed by atoms with Crippen LogP contribution in [0.5, 0.6) is 0 Å². The average molecular weight is 298 g/mol. The Balaban J connectivity index is 2.52. The van der Waals surface area contributed by atoms with Crippen molar-refractivity contribution in [1.82, 2.24) is 9.97 Å². The normalized spacial score (nSPS) is 10.5. The van der Waals surface area contributed by atoms with Crippen LogP contribution in [0.3, 0.4) is 0 Å². The van der Waals surface area contributed by atoms with E-state index in [2.05, 4.69) is 51.1 Å². The van der Waals surface area contributed by atoms with Crippen LogP contribution in [0, 0.1) is 13.8 Å². The summed E-state index contributed by atoms with van der Waals surface area (Å²) < 4.78 is 0.878. The summed E-state index contributed by atoms with van der Waals surface area (Å²) in [6, 6.07) is 2.13. The van der Waals surface area contributed by atoms with Crippen molar-refractivity contribution in [3.8, 4) is 11.4 Å². The van der Waals surface area contributed by atoms with Crippen LogP contribution in [0.25, 0.3) is 11.4 Å². The molecular formula is C11H12BrN3S. The third-order valence-corrected chi connectivity index (χ3v) is 3.81. The fourth-order valence-corrected chi connectivity index (χ4v) is 2.83. The molecular weight excluding hydrogens is 286 g/mol. The van der Waals surface area contributed by atoms with Crippen molar-refractivity contribution in [2.24, 2.45) is 0 Å². The first-order valence-corrected chi connectivity index (χ1v) is 6.50. The van der Waals surface area contributed by atoms with E-state index in [0.717, 1.165) is 21.7 Å². The van der Waals surface area contributed by atoms with Gasteiger partial charge in [-0.1, -0.05) is 0 Å². The number of thiophene rings is 1. The van der Waals surface area contributed by atoms with E-state index in [1.807, 2.05) is 7.05 Å². The second-order valence-corrected chi connectivity index (χ2v) is 5.78. The second-order valence-electron chi connectivity index (χ2n) is 3.47. The van der Waals surface area contributed by atoms with Crippen LogP contribution in [0.1, 0.15) is 9.75 Å². The van der Waals surface area contributed by atoms with Crippen LogP contribution >= 0.6 is 27.3 Å². The Kier molecular flexibility index (Phi) is 3.25. The summed E-state index contributed by atoms with van der Waals surface area (Å²) in [6.45, 7) is 4.19. The average Bonchev–Trinajstić information content (AvgIpc) is 2.59. The highest BCUT2D eigenvalue weighted by Gasteiger charge is 2.10. The summed E-state index contributed by atoms with van der Waals surface area (Å²) in [7, 11) is 1.85. The fourth-order valence-electron chi connectivity index (χ4n) is 1.53. The lowest BCUT2D eigenvalue weighted by Gasteiger charge is -2.04. The van der Waals surface area contributed by atoms with Gasteiger partial charge in [0, 0.05) is 28.6 Å². The molecule has 0 aliphatic rings. The molecule has 0 amide bonds. The van der Waals surface area contributed by atoms with Crippen molar-refractivity contribution in [3.63, 3.8) is 0 Å². The zero-order valence-electron chi connectivity index (χ0n) is 9.34. The number of rotatable bonds is 2. The SMILES string of the molecule is CNc1nc(-c2cc(C)sc2C)ncc1Br. The highest BCUT2D eigenvalue weighted by atomic mass is 79.9. The van der Waals surface area contributed by atoms with Gasteiger partial charge in [-0.15, -0.1) is 11.3 Å². The molecule has 0 spiro atoms. The van der Waals surface area contributed by atoms with Crippen molar-refractivity contribution in [1.29, 1.82) is 0 Å². The standard InChI is InChI=1S/C11H12BrN3S/c1-6-4-8(7(2)16-6)10-14-5-9(12)11(13-3)15-10/h4-5H,1-3H3,(H,13,14,15). The molecule has 0 unspecified atom stereocenters. The van der Waals surface area contributed by atoms with Gasteiger partial charge in [0.25, 0.3) is 0 Å². The Morgan fingerprint density at radius 1 is 1.38 bits per heavy atom.